The van der Waals surface area contributed by atoms with E-state index in [9.17, 15) is 19.7 Å². The largest absolute Gasteiger partial charge is 0.445 e. The van der Waals surface area contributed by atoms with Gasteiger partial charge >= 0.3 is 12.1 Å². The first-order valence-electron chi connectivity index (χ1n) is 7.44. The van der Waals surface area contributed by atoms with E-state index in [1.807, 2.05) is 30.3 Å². The van der Waals surface area contributed by atoms with Gasteiger partial charge in [-0.05, 0) is 17.7 Å². The second-order valence-electron chi connectivity index (χ2n) is 4.96. The lowest BCUT2D eigenvalue weighted by Gasteiger charge is -2.07. The maximum Gasteiger partial charge on any atom is 0.407 e. The number of alkyl carbamates (subject to hydrolysis) is 1. The molecule has 130 valence electrons. The van der Waals surface area contributed by atoms with Crippen LogP contribution < -0.4 is 10.1 Å². The zero-order valence-corrected chi connectivity index (χ0v) is 13.2. The molecule has 0 aliphatic heterocycles. The Kier molecular flexibility index (Phi) is 6.47. The Morgan fingerprint density at radius 2 is 1.72 bits per heavy atom. The van der Waals surface area contributed by atoms with Crippen molar-refractivity contribution in [2.24, 2.45) is 0 Å². The molecule has 2 aromatic carbocycles. The van der Waals surface area contributed by atoms with Gasteiger partial charge in [-0.15, -0.1) is 0 Å². The SMILES string of the molecule is O=C(CCNC(=O)OCc1ccccc1)Oc1ccc([N+](=O)[O-])cc1. The van der Waals surface area contributed by atoms with Crippen molar-refractivity contribution in [2.45, 2.75) is 13.0 Å². The molecule has 1 N–H and O–H groups in total. The second kappa shape index (κ2) is 9.02. The van der Waals surface area contributed by atoms with Crippen LogP contribution in [0.1, 0.15) is 12.0 Å². The average molecular weight is 344 g/mol. The van der Waals surface area contributed by atoms with E-state index in [0.717, 1.165) is 5.56 Å². The van der Waals surface area contributed by atoms with Crippen molar-refractivity contribution in [3.05, 3.63) is 70.3 Å². The Bertz CT molecular complexity index is 731. The van der Waals surface area contributed by atoms with Crippen molar-refractivity contribution in [3.8, 4) is 5.75 Å². The molecule has 0 fully saturated rings. The Labute approximate surface area is 143 Å². The average Bonchev–Trinajstić information content (AvgIpc) is 2.61. The summed E-state index contributed by atoms with van der Waals surface area (Å²) in [6, 6.07) is 14.3. The molecule has 25 heavy (non-hydrogen) atoms. The van der Waals surface area contributed by atoms with Crippen LogP contribution in [0.25, 0.3) is 0 Å². The van der Waals surface area contributed by atoms with E-state index in [-0.39, 0.29) is 31.0 Å². The third-order valence-corrected chi connectivity index (χ3v) is 3.09. The smallest absolute Gasteiger partial charge is 0.407 e. The lowest BCUT2D eigenvalue weighted by molar-refractivity contribution is -0.384. The third-order valence-electron chi connectivity index (χ3n) is 3.09. The number of amides is 1. The van der Waals surface area contributed by atoms with E-state index in [1.165, 1.54) is 24.3 Å². The van der Waals surface area contributed by atoms with Crippen LogP contribution in [-0.2, 0) is 16.1 Å². The Hall–Kier alpha value is -3.42. The van der Waals surface area contributed by atoms with Gasteiger partial charge in [0.15, 0.2) is 0 Å². The number of benzene rings is 2. The molecule has 0 aliphatic carbocycles. The standard InChI is InChI=1S/C17H16N2O6/c20-16(25-15-8-6-14(7-9-15)19(22)23)10-11-18-17(21)24-12-13-4-2-1-3-5-13/h1-9H,10-12H2,(H,18,21). The number of rotatable bonds is 7. The van der Waals surface area contributed by atoms with Crippen LogP contribution in [0.4, 0.5) is 10.5 Å². The molecule has 0 aromatic heterocycles. The summed E-state index contributed by atoms with van der Waals surface area (Å²) in [5.74, 6) is -0.375. The zero-order valence-electron chi connectivity index (χ0n) is 13.2. The summed E-state index contributed by atoms with van der Waals surface area (Å²) in [5.41, 5.74) is 0.762. The molecule has 0 atom stereocenters. The molecule has 2 rings (SSSR count). The van der Waals surface area contributed by atoms with Gasteiger partial charge in [0.2, 0.25) is 0 Å². The third kappa shape index (κ3) is 6.30. The van der Waals surface area contributed by atoms with Crippen molar-refractivity contribution in [1.82, 2.24) is 5.32 Å². The van der Waals surface area contributed by atoms with Crippen molar-refractivity contribution in [2.75, 3.05) is 6.54 Å². The molecule has 0 spiro atoms. The number of nitrogens with zero attached hydrogens (tertiary/aromatic N) is 1. The maximum atomic E-state index is 11.6. The summed E-state index contributed by atoms with van der Waals surface area (Å²) < 4.78 is 10.0. The van der Waals surface area contributed by atoms with Gasteiger partial charge in [0.1, 0.15) is 12.4 Å². The summed E-state index contributed by atoms with van der Waals surface area (Å²) in [6.07, 6.45) is -0.691. The molecule has 2 aromatic rings. The summed E-state index contributed by atoms with van der Waals surface area (Å²) >= 11 is 0. The van der Waals surface area contributed by atoms with Crippen LogP contribution in [0.2, 0.25) is 0 Å². The second-order valence-corrected chi connectivity index (χ2v) is 4.96. The van der Waals surface area contributed by atoms with E-state index < -0.39 is 17.0 Å². The van der Waals surface area contributed by atoms with E-state index in [4.69, 9.17) is 9.47 Å². The molecule has 0 bridgehead atoms. The first kappa shape index (κ1) is 17.9. The number of hydrogen-bond donors (Lipinski definition) is 1. The minimum absolute atomic E-state index is 0.0550. The predicted molar refractivity (Wildman–Crippen MR) is 88.0 cm³/mol. The van der Waals surface area contributed by atoms with Crippen LogP contribution in [0.5, 0.6) is 5.75 Å². The van der Waals surface area contributed by atoms with Gasteiger partial charge in [-0.25, -0.2) is 4.79 Å². The first-order chi connectivity index (χ1) is 12.0. The molecule has 1 amide bonds. The van der Waals surface area contributed by atoms with Gasteiger partial charge in [0.25, 0.3) is 5.69 Å². The van der Waals surface area contributed by atoms with Crippen LogP contribution >= 0.6 is 0 Å². The van der Waals surface area contributed by atoms with E-state index >= 15 is 0 Å². The monoisotopic (exact) mass is 344 g/mol. The van der Waals surface area contributed by atoms with Gasteiger partial charge in [0.05, 0.1) is 11.3 Å². The topological polar surface area (TPSA) is 108 Å². The molecule has 0 aliphatic rings. The highest BCUT2D eigenvalue weighted by Gasteiger charge is 2.09. The highest BCUT2D eigenvalue weighted by molar-refractivity contribution is 5.74. The molecule has 0 saturated heterocycles. The number of ether oxygens (including phenoxy) is 2. The van der Waals surface area contributed by atoms with Gasteiger partial charge in [-0.3, -0.25) is 14.9 Å². The minimum Gasteiger partial charge on any atom is -0.445 e. The number of nitro groups is 1. The molecule has 0 saturated carbocycles. The van der Waals surface area contributed by atoms with E-state index in [2.05, 4.69) is 5.32 Å². The Morgan fingerprint density at radius 1 is 1.04 bits per heavy atom. The quantitative estimate of drug-likeness (QED) is 0.358. The van der Waals surface area contributed by atoms with Crippen molar-refractivity contribution in [3.63, 3.8) is 0 Å². The molecule has 8 nitrogen and oxygen atoms in total. The minimum atomic E-state index is -0.632. The normalized spacial score (nSPS) is 9.92. The van der Waals surface area contributed by atoms with Gasteiger partial charge in [-0.2, -0.15) is 0 Å². The van der Waals surface area contributed by atoms with E-state index in [0.29, 0.717) is 0 Å². The number of hydrogen-bond acceptors (Lipinski definition) is 6. The molecule has 0 radical (unpaired) electrons. The van der Waals surface area contributed by atoms with E-state index in [1.54, 1.807) is 0 Å². The Balaban J connectivity index is 1.66. The first-order valence-corrected chi connectivity index (χ1v) is 7.44. The fraction of sp³-hybridized carbons (Fsp3) is 0.176. The van der Waals surface area contributed by atoms with Crippen molar-refractivity contribution >= 4 is 17.7 Å². The molecule has 0 unspecified atom stereocenters. The maximum absolute atomic E-state index is 11.6. The van der Waals surface area contributed by atoms with Crippen LogP contribution in [0, 0.1) is 10.1 Å². The number of nitro benzene ring substituents is 1. The summed E-state index contributed by atoms with van der Waals surface area (Å²) in [7, 11) is 0. The number of non-ortho nitro benzene ring substituents is 1. The van der Waals surface area contributed by atoms with Gasteiger partial charge in [0, 0.05) is 18.7 Å². The lowest BCUT2D eigenvalue weighted by Crippen LogP contribution is -2.27. The van der Waals surface area contributed by atoms with Crippen LogP contribution in [0.15, 0.2) is 54.6 Å². The predicted octanol–water partition coefficient (Wildman–Crippen LogP) is 2.82. The zero-order chi connectivity index (χ0) is 18.1. The van der Waals surface area contributed by atoms with Crippen molar-refractivity contribution < 1.29 is 24.0 Å². The van der Waals surface area contributed by atoms with Gasteiger partial charge < -0.3 is 14.8 Å². The number of carbonyl (C=O) groups is 2. The van der Waals surface area contributed by atoms with Gasteiger partial charge in [-0.1, -0.05) is 30.3 Å². The highest BCUT2D eigenvalue weighted by Crippen LogP contribution is 2.17. The fourth-order valence-electron chi connectivity index (χ4n) is 1.86. The number of esters is 1. The molecule has 8 heteroatoms. The van der Waals surface area contributed by atoms with Crippen molar-refractivity contribution in [1.29, 1.82) is 0 Å². The summed E-state index contributed by atoms with van der Waals surface area (Å²) in [6.45, 7) is 0.194. The molecule has 0 heterocycles. The number of carbonyl (C=O) groups excluding carboxylic acids is 2. The molecular formula is C17H16N2O6. The number of nitrogens with one attached hydrogen (secondary N) is 1. The fourth-order valence-corrected chi connectivity index (χ4v) is 1.86. The highest BCUT2D eigenvalue weighted by atomic mass is 16.6. The van der Waals surface area contributed by atoms with Crippen LogP contribution in [0.3, 0.4) is 0 Å². The summed E-state index contributed by atoms with van der Waals surface area (Å²) in [5, 5.41) is 13.0. The lowest BCUT2D eigenvalue weighted by atomic mass is 10.2. The summed E-state index contributed by atoms with van der Waals surface area (Å²) in [4.78, 5) is 33.1. The molecular weight excluding hydrogens is 328 g/mol. The Morgan fingerprint density at radius 3 is 2.36 bits per heavy atom. The van der Waals surface area contributed by atoms with Crippen LogP contribution in [-0.4, -0.2) is 23.5 Å².